The summed E-state index contributed by atoms with van der Waals surface area (Å²) in [5.41, 5.74) is 2.33. The number of hydrogen-bond donors (Lipinski definition) is 3. The van der Waals surface area contributed by atoms with Gasteiger partial charge in [0.15, 0.2) is 5.96 Å². The Bertz CT molecular complexity index is 1130. The summed E-state index contributed by atoms with van der Waals surface area (Å²) in [6.07, 6.45) is 2.32. The van der Waals surface area contributed by atoms with E-state index in [0.29, 0.717) is 37.6 Å². The maximum atomic E-state index is 13.5. The summed E-state index contributed by atoms with van der Waals surface area (Å²) in [4.78, 5) is 4.64. The van der Waals surface area contributed by atoms with E-state index in [-0.39, 0.29) is 34.7 Å². The molecule has 0 fully saturated rings. The molecule has 32 heavy (non-hydrogen) atoms. The Morgan fingerprint density at radius 1 is 1.09 bits per heavy atom. The number of nitrogens with two attached hydrogens (primary N) is 1. The summed E-state index contributed by atoms with van der Waals surface area (Å²) in [6, 6.07) is 15.0. The number of primary sulfonamides is 1. The number of nitrogens with one attached hydrogen (secondary N) is 2. The lowest BCUT2D eigenvalue weighted by Gasteiger charge is -2.13. The Labute approximate surface area is 204 Å². The summed E-state index contributed by atoms with van der Waals surface area (Å²) >= 11 is 0. The van der Waals surface area contributed by atoms with Crippen molar-refractivity contribution in [1.29, 1.82) is 0 Å². The molecule has 0 bridgehead atoms. The molecule has 1 heterocycles. The predicted octanol–water partition coefficient (Wildman–Crippen LogP) is 3.47. The van der Waals surface area contributed by atoms with Crippen LogP contribution in [0.2, 0.25) is 0 Å². The third-order valence-electron chi connectivity index (χ3n) is 4.60. The van der Waals surface area contributed by atoms with E-state index < -0.39 is 10.0 Å². The van der Waals surface area contributed by atoms with Crippen LogP contribution in [0.15, 0.2) is 75.2 Å². The van der Waals surface area contributed by atoms with Gasteiger partial charge in [-0.05, 0) is 53.9 Å². The van der Waals surface area contributed by atoms with Gasteiger partial charge in [0, 0.05) is 19.5 Å². The number of furan rings is 1. The van der Waals surface area contributed by atoms with E-state index in [0.717, 1.165) is 16.9 Å². The molecule has 10 heteroatoms. The fourth-order valence-corrected chi connectivity index (χ4v) is 3.41. The van der Waals surface area contributed by atoms with Crippen LogP contribution < -0.4 is 15.8 Å². The molecule has 2 aromatic carbocycles. The number of aliphatic imine (C=N–C) groups is 1. The van der Waals surface area contributed by atoms with Crippen molar-refractivity contribution in [3.05, 3.63) is 89.1 Å². The summed E-state index contributed by atoms with van der Waals surface area (Å²) in [5.74, 6) is 1.19. The fraction of sp³-hybridized carbons (Fsp3) is 0.227. The van der Waals surface area contributed by atoms with Gasteiger partial charge in [-0.3, -0.25) is 0 Å². The summed E-state index contributed by atoms with van der Waals surface area (Å²) in [5, 5.41) is 11.6. The van der Waals surface area contributed by atoms with E-state index in [2.05, 4.69) is 15.6 Å². The topological polar surface area (TPSA) is 110 Å². The van der Waals surface area contributed by atoms with Gasteiger partial charge < -0.3 is 15.1 Å². The Kier molecular flexibility index (Phi) is 9.66. The normalized spacial score (nSPS) is 11.7. The Morgan fingerprint density at radius 2 is 1.81 bits per heavy atom. The molecule has 172 valence electrons. The van der Waals surface area contributed by atoms with Crippen molar-refractivity contribution < 1.29 is 17.2 Å². The first kappa shape index (κ1) is 25.8. The third-order valence-corrected chi connectivity index (χ3v) is 5.53. The van der Waals surface area contributed by atoms with Crippen molar-refractivity contribution in [3.63, 3.8) is 0 Å². The number of benzene rings is 2. The van der Waals surface area contributed by atoms with Gasteiger partial charge in [0.1, 0.15) is 11.6 Å². The molecule has 0 saturated heterocycles. The molecular formula is C22H26FIN4O3S. The lowest BCUT2D eigenvalue weighted by Crippen LogP contribution is -2.38. The van der Waals surface area contributed by atoms with Crippen molar-refractivity contribution in [2.75, 3.05) is 6.54 Å². The highest BCUT2D eigenvalue weighted by molar-refractivity contribution is 14.0. The molecule has 0 saturated carbocycles. The van der Waals surface area contributed by atoms with Crippen LogP contribution in [0.4, 0.5) is 4.39 Å². The van der Waals surface area contributed by atoms with Gasteiger partial charge in [-0.15, -0.1) is 24.0 Å². The zero-order valence-corrected chi connectivity index (χ0v) is 20.7. The van der Waals surface area contributed by atoms with Crippen LogP contribution in [0.25, 0.3) is 0 Å². The number of hydrogen-bond acceptors (Lipinski definition) is 4. The predicted molar refractivity (Wildman–Crippen MR) is 133 cm³/mol. The Morgan fingerprint density at radius 3 is 2.44 bits per heavy atom. The van der Waals surface area contributed by atoms with Crippen molar-refractivity contribution in [2.24, 2.45) is 10.1 Å². The van der Waals surface area contributed by atoms with Gasteiger partial charge >= 0.3 is 0 Å². The molecule has 0 spiro atoms. The lowest BCUT2D eigenvalue weighted by atomic mass is 10.1. The lowest BCUT2D eigenvalue weighted by molar-refractivity contribution is 0.506. The van der Waals surface area contributed by atoms with Gasteiger partial charge in [-0.1, -0.05) is 24.3 Å². The number of halogens is 2. The highest BCUT2D eigenvalue weighted by Gasteiger charge is 2.07. The van der Waals surface area contributed by atoms with Crippen molar-refractivity contribution >= 4 is 40.0 Å². The number of rotatable bonds is 8. The van der Waals surface area contributed by atoms with Crippen LogP contribution >= 0.6 is 24.0 Å². The van der Waals surface area contributed by atoms with Crippen LogP contribution in [0.1, 0.15) is 22.5 Å². The second kappa shape index (κ2) is 12.0. The average molecular weight is 572 g/mol. The molecule has 4 N–H and O–H groups in total. The molecule has 0 unspecified atom stereocenters. The van der Waals surface area contributed by atoms with Crippen molar-refractivity contribution in [1.82, 2.24) is 10.6 Å². The number of guanidine groups is 1. The second-order valence-electron chi connectivity index (χ2n) is 7.05. The maximum absolute atomic E-state index is 13.5. The zero-order chi connectivity index (χ0) is 22.3. The van der Waals surface area contributed by atoms with Crippen LogP contribution in [0.3, 0.4) is 0 Å². The molecule has 0 aliphatic carbocycles. The van der Waals surface area contributed by atoms with E-state index in [4.69, 9.17) is 9.56 Å². The van der Waals surface area contributed by atoms with E-state index in [9.17, 15) is 12.8 Å². The maximum Gasteiger partial charge on any atom is 0.238 e. The van der Waals surface area contributed by atoms with Crippen LogP contribution in [-0.2, 0) is 29.5 Å². The van der Waals surface area contributed by atoms with Crippen LogP contribution in [0.5, 0.6) is 0 Å². The molecule has 3 rings (SSSR count). The summed E-state index contributed by atoms with van der Waals surface area (Å²) in [6.45, 7) is 3.13. The van der Waals surface area contributed by atoms with Gasteiger partial charge in [-0.2, -0.15) is 0 Å². The fourth-order valence-electron chi connectivity index (χ4n) is 2.89. The van der Waals surface area contributed by atoms with Gasteiger partial charge in [0.05, 0.1) is 17.7 Å². The third kappa shape index (κ3) is 7.92. The molecule has 7 nitrogen and oxygen atoms in total. The first-order valence-electron chi connectivity index (χ1n) is 9.72. The molecule has 0 radical (unpaired) electrons. The van der Waals surface area contributed by atoms with Gasteiger partial charge in [0.25, 0.3) is 0 Å². The minimum atomic E-state index is -3.72. The highest BCUT2D eigenvalue weighted by atomic mass is 127. The van der Waals surface area contributed by atoms with Crippen molar-refractivity contribution in [3.8, 4) is 0 Å². The number of nitrogens with zero attached hydrogens (tertiary/aromatic N) is 1. The summed E-state index contributed by atoms with van der Waals surface area (Å²) < 4.78 is 41.6. The average Bonchev–Trinajstić information content (AvgIpc) is 3.25. The van der Waals surface area contributed by atoms with Crippen LogP contribution in [0, 0.1) is 12.7 Å². The molecule has 0 aliphatic heterocycles. The SMILES string of the molecule is Cc1cc(CN=C(NCCc2ccco2)NCc2ccc(S(N)(=O)=O)cc2)ccc1F.I. The molecule has 0 atom stereocenters. The number of aryl methyl sites for hydroxylation is 1. The standard InChI is InChI=1S/C22H25FN4O3S.HI/c1-16-13-18(6-9-21(16)23)15-27-22(25-11-10-19-3-2-12-30-19)26-14-17-4-7-20(8-5-17)31(24,28)29;/h2-9,12-13H,10-11,14-15H2,1H3,(H2,24,28,29)(H2,25,26,27);1H. The Hall–Kier alpha value is -2.44. The van der Waals surface area contributed by atoms with E-state index in [1.807, 2.05) is 12.1 Å². The molecule has 0 amide bonds. The number of sulfonamides is 1. The first-order valence-corrected chi connectivity index (χ1v) is 11.3. The molecule has 3 aromatic rings. The monoisotopic (exact) mass is 572 g/mol. The van der Waals surface area contributed by atoms with Crippen LogP contribution in [-0.4, -0.2) is 20.9 Å². The molecular weight excluding hydrogens is 546 g/mol. The zero-order valence-electron chi connectivity index (χ0n) is 17.5. The second-order valence-corrected chi connectivity index (χ2v) is 8.61. The van der Waals surface area contributed by atoms with E-state index in [1.165, 1.54) is 18.2 Å². The minimum absolute atomic E-state index is 0. The smallest absolute Gasteiger partial charge is 0.238 e. The van der Waals surface area contributed by atoms with Crippen molar-refractivity contribution in [2.45, 2.75) is 31.3 Å². The quantitative estimate of drug-likeness (QED) is 0.218. The molecule has 0 aliphatic rings. The van der Waals surface area contributed by atoms with Gasteiger partial charge in [-0.25, -0.2) is 22.9 Å². The van der Waals surface area contributed by atoms with E-state index >= 15 is 0 Å². The molecule has 1 aromatic heterocycles. The summed E-state index contributed by atoms with van der Waals surface area (Å²) in [7, 11) is -3.72. The van der Waals surface area contributed by atoms with Gasteiger partial charge in [0.2, 0.25) is 10.0 Å². The minimum Gasteiger partial charge on any atom is -0.469 e. The van der Waals surface area contributed by atoms with E-state index in [1.54, 1.807) is 37.5 Å². The first-order chi connectivity index (χ1) is 14.8. The Balaban J connectivity index is 0.00000363. The largest absolute Gasteiger partial charge is 0.469 e. The highest BCUT2D eigenvalue weighted by Crippen LogP contribution is 2.11.